The van der Waals surface area contributed by atoms with Gasteiger partial charge in [0.15, 0.2) is 11.5 Å². The molecule has 3 aromatic heterocycles. The van der Waals surface area contributed by atoms with Gasteiger partial charge >= 0.3 is 0 Å². The standard InChI is InChI=1S/C19H17N5O/c1-3-16-23-19(25-24-16)15-11-20-18-14(10-9-12(2)21-18)17(15)22-13-7-5-4-6-8-13/h4-11H,3H2,1-2H3,(H,20,21,22). The molecule has 1 aromatic carbocycles. The summed E-state index contributed by atoms with van der Waals surface area (Å²) in [6.45, 7) is 3.94. The maximum Gasteiger partial charge on any atom is 0.261 e. The van der Waals surface area contributed by atoms with Crippen LogP contribution in [-0.2, 0) is 6.42 Å². The average Bonchev–Trinajstić information content (AvgIpc) is 3.11. The summed E-state index contributed by atoms with van der Waals surface area (Å²) >= 11 is 0. The Morgan fingerprint density at radius 3 is 2.64 bits per heavy atom. The van der Waals surface area contributed by atoms with E-state index in [0.717, 1.165) is 28.0 Å². The molecule has 3 heterocycles. The van der Waals surface area contributed by atoms with Crippen LogP contribution in [0.3, 0.4) is 0 Å². The molecule has 4 aromatic rings. The number of fused-ring (bicyclic) bond motifs is 1. The number of rotatable bonds is 4. The van der Waals surface area contributed by atoms with Crippen molar-refractivity contribution in [3.63, 3.8) is 0 Å². The molecule has 4 rings (SSSR count). The van der Waals surface area contributed by atoms with Gasteiger partial charge < -0.3 is 9.84 Å². The maximum absolute atomic E-state index is 5.43. The first kappa shape index (κ1) is 15.3. The Morgan fingerprint density at radius 1 is 1.04 bits per heavy atom. The quantitative estimate of drug-likeness (QED) is 0.601. The lowest BCUT2D eigenvalue weighted by Crippen LogP contribution is -1.98. The topological polar surface area (TPSA) is 76.7 Å². The highest BCUT2D eigenvalue weighted by atomic mass is 16.5. The van der Waals surface area contributed by atoms with Crippen LogP contribution in [0.25, 0.3) is 22.5 Å². The normalized spacial score (nSPS) is 11.0. The van der Waals surface area contributed by atoms with Gasteiger partial charge in [-0.15, -0.1) is 0 Å². The van der Waals surface area contributed by atoms with Crippen molar-refractivity contribution in [2.45, 2.75) is 20.3 Å². The molecule has 0 aliphatic carbocycles. The molecule has 25 heavy (non-hydrogen) atoms. The van der Waals surface area contributed by atoms with Crippen LogP contribution in [0.15, 0.2) is 53.2 Å². The third-order valence-corrected chi connectivity index (χ3v) is 3.93. The van der Waals surface area contributed by atoms with Gasteiger partial charge in [-0.05, 0) is 31.2 Å². The van der Waals surface area contributed by atoms with Crippen molar-refractivity contribution in [2.24, 2.45) is 0 Å². The van der Waals surface area contributed by atoms with Gasteiger partial charge in [-0.3, -0.25) is 0 Å². The average molecular weight is 331 g/mol. The third kappa shape index (κ3) is 2.94. The molecule has 0 atom stereocenters. The smallest absolute Gasteiger partial charge is 0.261 e. The highest BCUT2D eigenvalue weighted by Gasteiger charge is 2.17. The molecule has 6 nitrogen and oxygen atoms in total. The fourth-order valence-corrected chi connectivity index (χ4v) is 2.64. The minimum absolute atomic E-state index is 0.449. The summed E-state index contributed by atoms with van der Waals surface area (Å²) in [5.41, 5.74) is 4.18. The summed E-state index contributed by atoms with van der Waals surface area (Å²) in [6, 6.07) is 13.9. The lowest BCUT2D eigenvalue weighted by Gasteiger charge is -2.12. The molecule has 0 saturated carbocycles. The number of hydrogen-bond acceptors (Lipinski definition) is 6. The predicted molar refractivity (Wildman–Crippen MR) is 96.7 cm³/mol. The van der Waals surface area contributed by atoms with Crippen molar-refractivity contribution >= 4 is 22.4 Å². The lowest BCUT2D eigenvalue weighted by molar-refractivity contribution is 0.423. The van der Waals surface area contributed by atoms with Gasteiger partial charge in [0.25, 0.3) is 5.89 Å². The summed E-state index contributed by atoms with van der Waals surface area (Å²) in [4.78, 5) is 13.4. The molecule has 0 bridgehead atoms. The summed E-state index contributed by atoms with van der Waals surface area (Å²) in [6.07, 6.45) is 2.44. The van der Waals surface area contributed by atoms with Crippen LogP contribution in [0.2, 0.25) is 0 Å². The Morgan fingerprint density at radius 2 is 1.88 bits per heavy atom. The fraction of sp³-hybridized carbons (Fsp3) is 0.158. The van der Waals surface area contributed by atoms with E-state index < -0.39 is 0 Å². The fourth-order valence-electron chi connectivity index (χ4n) is 2.64. The van der Waals surface area contributed by atoms with Crippen LogP contribution < -0.4 is 5.32 Å². The Kier molecular flexibility index (Phi) is 3.85. The van der Waals surface area contributed by atoms with Gasteiger partial charge in [0.05, 0.1) is 11.3 Å². The van der Waals surface area contributed by atoms with E-state index in [2.05, 4.69) is 25.4 Å². The van der Waals surface area contributed by atoms with E-state index in [9.17, 15) is 0 Å². The molecule has 0 unspecified atom stereocenters. The van der Waals surface area contributed by atoms with Crippen molar-refractivity contribution in [3.8, 4) is 11.5 Å². The molecule has 0 saturated heterocycles. The van der Waals surface area contributed by atoms with Crippen molar-refractivity contribution in [1.29, 1.82) is 0 Å². The highest BCUT2D eigenvalue weighted by molar-refractivity contribution is 5.98. The first-order chi connectivity index (χ1) is 12.2. The van der Waals surface area contributed by atoms with Crippen LogP contribution >= 0.6 is 0 Å². The molecule has 0 fully saturated rings. The molecule has 0 spiro atoms. The molecule has 0 aliphatic heterocycles. The number of benzene rings is 1. The zero-order valence-corrected chi connectivity index (χ0v) is 14.0. The van der Waals surface area contributed by atoms with Crippen molar-refractivity contribution < 1.29 is 4.52 Å². The number of aromatic nitrogens is 4. The lowest BCUT2D eigenvalue weighted by atomic mass is 10.1. The van der Waals surface area contributed by atoms with E-state index in [4.69, 9.17) is 4.52 Å². The Bertz CT molecular complexity index is 1030. The molecule has 6 heteroatoms. The number of anilines is 2. The first-order valence-electron chi connectivity index (χ1n) is 8.16. The van der Waals surface area contributed by atoms with Crippen molar-refractivity contribution in [2.75, 3.05) is 5.32 Å². The molecular formula is C19H17N5O. The number of nitrogens with zero attached hydrogens (tertiary/aromatic N) is 4. The monoisotopic (exact) mass is 331 g/mol. The van der Waals surface area contributed by atoms with E-state index in [1.54, 1.807) is 6.20 Å². The molecule has 124 valence electrons. The van der Waals surface area contributed by atoms with Crippen LogP contribution in [0.1, 0.15) is 18.4 Å². The second-order valence-electron chi connectivity index (χ2n) is 5.73. The zero-order valence-electron chi connectivity index (χ0n) is 14.0. The van der Waals surface area contributed by atoms with Crippen LogP contribution in [0, 0.1) is 6.92 Å². The van der Waals surface area contributed by atoms with Gasteiger partial charge in [0.2, 0.25) is 0 Å². The second-order valence-corrected chi connectivity index (χ2v) is 5.73. The van der Waals surface area contributed by atoms with E-state index >= 15 is 0 Å². The molecule has 0 aliphatic rings. The van der Waals surface area contributed by atoms with Gasteiger partial charge in [-0.1, -0.05) is 30.3 Å². The maximum atomic E-state index is 5.43. The van der Waals surface area contributed by atoms with E-state index in [-0.39, 0.29) is 0 Å². The first-order valence-corrected chi connectivity index (χ1v) is 8.16. The SMILES string of the molecule is CCc1noc(-c2cnc3nc(C)ccc3c2Nc2ccccc2)n1. The largest absolute Gasteiger partial charge is 0.354 e. The van der Waals surface area contributed by atoms with E-state index in [1.807, 2.05) is 56.3 Å². The van der Waals surface area contributed by atoms with Gasteiger partial charge in [-0.2, -0.15) is 4.98 Å². The molecule has 1 N–H and O–H groups in total. The highest BCUT2D eigenvalue weighted by Crippen LogP contribution is 2.34. The van der Waals surface area contributed by atoms with E-state index in [0.29, 0.717) is 23.8 Å². The zero-order chi connectivity index (χ0) is 17.2. The Balaban J connectivity index is 1.92. The Labute approximate surface area is 144 Å². The molecule has 0 radical (unpaired) electrons. The number of hydrogen-bond donors (Lipinski definition) is 1. The minimum atomic E-state index is 0.449. The minimum Gasteiger partial charge on any atom is -0.354 e. The van der Waals surface area contributed by atoms with Crippen LogP contribution in [0.5, 0.6) is 0 Å². The van der Waals surface area contributed by atoms with Gasteiger partial charge in [0.1, 0.15) is 0 Å². The summed E-state index contributed by atoms with van der Waals surface area (Å²) in [5, 5.41) is 8.35. The second kappa shape index (κ2) is 6.32. The van der Waals surface area contributed by atoms with Gasteiger partial charge in [0, 0.05) is 29.4 Å². The predicted octanol–water partition coefficient (Wildman–Crippen LogP) is 4.29. The van der Waals surface area contributed by atoms with Gasteiger partial charge in [-0.25, -0.2) is 9.97 Å². The number of pyridine rings is 2. The summed E-state index contributed by atoms with van der Waals surface area (Å²) in [7, 11) is 0. The third-order valence-electron chi connectivity index (χ3n) is 3.93. The van der Waals surface area contributed by atoms with Crippen molar-refractivity contribution in [1.82, 2.24) is 20.1 Å². The molecule has 0 amide bonds. The number of nitrogens with one attached hydrogen (secondary N) is 1. The summed E-state index contributed by atoms with van der Waals surface area (Å²) < 4.78 is 5.43. The molecular weight excluding hydrogens is 314 g/mol. The number of aryl methyl sites for hydroxylation is 2. The van der Waals surface area contributed by atoms with Crippen LogP contribution in [-0.4, -0.2) is 20.1 Å². The number of para-hydroxylation sites is 1. The summed E-state index contributed by atoms with van der Waals surface area (Å²) in [5.74, 6) is 1.12. The van der Waals surface area contributed by atoms with E-state index in [1.165, 1.54) is 0 Å². The van der Waals surface area contributed by atoms with Crippen molar-refractivity contribution in [3.05, 3.63) is 60.2 Å². The Hall–Kier alpha value is -3.28. The van der Waals surface area contributed by atoms with Crippen LogP contribution in [0.4, 0.5) is 11.4 Å².